The number of nitrogens with one attached hydrogen (secondary N) is 2. The largest absolute Gasteiger partial charge is 0.381 e. The molecule has 3 fully saturated rings. The van der Waals surface area contributed by atoms with Gasteiger partial charge in [-0.05, 0) is 31.9 Å². The quantitative estimate of drug-likeness (QED) is 0.316. The molecule has 0 spiro atoms. The number of halogens is 1. The molecule has 0 amide bonds. The maximum atomic E-state index is 5.60. The van der Waals surface area contributed by atoms with Crippen molar-refractivity contribution in [2.24, 2.45) is 4.99 Å². The van der Waals surface area contributed by atoms with Crippen LogP contribution >= 0.6 is 35.7 Å². The zero-order chi connectivity index (χ0) is 19.0. The number of nitrogens with zero attached hydrogens (tertiary/aromatic N) is 2. The van der Waals surface area contributed by atoms with E-state index in [1.165, 1.54) is 32.1 Å². The molecule has 0 aromatic heterocycles. The van der Waals surface area contributed by atoms with Gasteiger partial charge in [-0.1, -0.05) is 19.3 Å². The molecule has 0 aromatic carbocycles. The van der Waals surface area contributed by atoms with E-state index in [0.717, 1.165) is 71.4 Å². The van der Waals surface area contributed by atoms with Crippen LogP contribution in [0.2, 0.25) is 0 Å². The van der Waals surface area contributed by atoms with Crippen molar-refractivity contribution < 1.29 is 9.47 Å². The highest BCUT2D eigenvalue weighted by molar-refractivity contribution is 14.0. The third-order valence-electron chi connectivity index (χ3n) is 6.69. The van der Waals surface area contributed by atoms with E-state index in [-0.39, 0.29) is 34.3 Å². The second-order valence-corrected chi connectivity index (χ2v) is 9.44. The summed E-state index contributed by atoms with van der Waals surface area (Å²) in [5.74, 6) is 0.938. The van der Waals surface area contributed by atoms with Gasteiger partial charge in [-0.15, -0.1) is 24.0 Å². The predicted molar refractivity (Wildman–Crippen MR) is 129 cm³/mol. The van der Waals surface area contributed by atoms with E-state index in [2.05, 4.69) is 26.8 Å². The summed E-state index contributed by atoms with van der Waals surface area (Å²) >= 11 is 1.97. The van der Waals surface area contributed by atoms with Crippen LogP contribution < -0.4 is 10.6 Å². The van der Waals surface area contributed by atoms with E-state index < -0.39 is 0 Å². The van der Waals surface area contributed by atoms with Gasteiger partial charge in [-0.2, -0.15) is 11.8 Å². The van der Waals surface area contributed by atoms with Crippen LogP contribution in [-0.4, -0.2) is 87.1 Å². The van der Waals surface area contributed by atoms with E-state index in [1.807, 2.05) is 18.8 Å². The van der Waals surface area contributed by atoms with Crippen LogP contribution in [0.25, 0.3) is 0 Å². The summed E-state index contributed by atoms with van der Waals surface area (Å²) in [6.45, 7) is 7.51. The van der Waals surface area contributed by atoms with Gasteiger partial charge in [0.2, 0.25) is 0 Å². The zero-order valence-electron chi connectivity index (χ0n) is 17.6. The average Bonchev–Trinajstić information content (AvgIpc) is 2.76. The molecule has 0 unspecified atom stereocenters. The number of rotatable bonds is 6. The molecule has 164 valence electrons. The van der Waals surface area contributed by atoms with Crippen LogP contribution in [0.3, 0.4) is 0 Å². The van der Waals surface area contributed by atoms with E-state index in [1.54, 1.807) is 0 Å². The number of guanidine groups is 1. The molecule has 0 aromatic rings. The first-order valence-electron chi connectivity index (χ1n) is 10.6. The third kappa shape index (κ3) is 6.36. The standard InChI is InChI=1S/C20H38N4O2S.HI/c1-21-18(23-17-20(27-2)8-12-25-13-9-20)22-16-19(6-4-3-5-7-19)24-10-14-26-15-11-24;/h3-17H2,1-2H3,(H2,21,22,23);1H. The van der Waals surface area contributed by atoms with Crippen LogP contribution in [0.1, 0.15) is 44.9 Å². The van der Waals surface area contributed by atoms with Crippen molar-refractivity contribution in [3.63, 3.8) is 0 Å². The van der Waals surface area contributed by atoms with E-state index in [4.69, 9.17) is 9.47 Å². The van der Waals surface area contributed by atoms with Gasteiger partial charge >= 0.3 is 0 Å². The highest BCUT2D eigenvalue weighted by atomic mass is 127. The molecule has 2 N–H and O–H groups in total. The first-order valence-corrected chi connectivity index (χ1v) is 11.8. The molecule has 0 radical (unpaired) electrons. The van der Waals surface area contributed by atoms with Crippen LogP contribution in [0.5, 0.6) is 0 Å². The maximum absolute atomic E-state index is 5.60. The van der Waals surface area contributed by atoms with Crippen molar-refractivity contribution in [2.75, 3.05) is 65.9 Å². The second-order valence-electron chi connectivity index (χ2n) is 8.16. The van der Waals surface area contributed by atoms with Crippen LogP contribution in [0.4, 0.5) is 0 Å². The molecule has 2 heterocycles. The number of aliphatic imine (C=N–C) groups is 1. The summed E-state index contributed by atoms with van der Waals surface area (Å²) in [6, 6.07) is 0. The highest BCUT2D eigenvalue weighted by Gasteiger charge is 2.39. The Bertz CT molecular complexity index is 477. The van der Waals surface area contributed by atoms with Crippen molar-refractivity contribution in [3.05, 3.63) is 0 Å². The molecule has 8 heteroatoms. The second kappa shape index (κ2) is 12.2. The Balaban J connectivity index is 0.00000280. The third-order valence-corrected chi connectivity index (χ3v) is 8.11. The molecule has 1 saturated carbocycles. The van der Waals surface area contributed by atoms with Crippen molar-refractivity contribution in [3.8, 4) is 0 Å². The Morgan fingerprint density at radius 2 is 1.54 bits per heavy atom. The lowest BCUT2D eigenvalue weighted by Gasteiger charge is -2.48. The number of hydrogen-bond donors (Lipinski definition) is 2. The predicted octanol–water partition coefficient (Wildman–Crippen LogP) is 2.72. The SMILES string of the molecule is CN=C(NCC1(SC)CCOCC1)NCC1(N2CCOCC2)CCCCC1.I. The first-order chi connectivity index (χ1) is 13.2. The number of morpholine rings is 1. The van der Waals surface area contributed by atoms with Gasteiger partial charge in [0.25, 0.3) is 0 Å². The molecule has 1 aliphatic carbocycles. The minimum absolute atomic E-state index is 0. The van der Waals surface area contributed by atoms with Crippen molar-refractivity contribution in [2.45, 2.75) is 55.2 Å². The molecule has 0 bridgehead atoms. The molecular formula is C20H39IN4O2S. The van der Waals surface area contributed by atoms with Gasteiger partial charge in [0, 0.05) is 56.7 Å². The molecule has 28 heavy (non-hydrogen) atoms. The highest BCUT2D eigenvalue weighted by Crippen LogP contribution is 2.34. The van der Waals surface area contributed by atoms with Crippen LogP contribution in [0.15, 0.2) is 4.99 Å². The van der Waals surface area contributed by atoms with Crippen molar-refractivity contribution >= 4 is 41.7 Å². The van der Waals surface area contributed by atoms with Gasteiger partial charge in [-0.25, -0.2) is 0 Å². The Kier molecular flexibility index (Phi) is 10.7. The van der Waals surface area contributed by atoms with E-state index >= 15 is 0 Å². The molecule has 0 atom stereocenters. The molecular weight excluding hydrogens is 487 g/mol. The summed E-state index contributed by atoms with van der Waals surface area (Å²) in [5.41, 5.74) is 0.259. The Morgan fingerprint density at radius 1 is 0.929 bits per heavy atom. The Labute approximate surface area is 192 Å². The minimum atomic E-state index is 0. The summed E-state index contributed by atoms with van der Waals surface area (Å²) in [4.78, 5) is 7.19. The lowest BCUT2D eigenvalue weighted by atomic mass is 9.80. The molecule has 6 nitrogen and oxygen atoms in total. The normalized spacial score (nSPS) is 25.6. The Hall–Kier alpha value is 0.230. The van der Waals surface area contributed by atoms with Gasteiger partial charge in [0.15, 0.2) is 5.96 Å². The number of ether oxygens (including phenoxy) is 2. The zero-order valence-corrected chi connectivity index (χ0v) is 20.8. The van der Waals surface area contributed by atoms with Gasteiger partial charge < -0.3 is 20.1 Å². The fourth-order valence-corrected chi connectivity index (χ4v) is 5.55. The van der Waals surface area contributed by atoms with E-state index in [9.17, 15) is 0 Å². The minimum Gasteiger partial charge on any atom is -0.381 e. The van der Waals surface area contributed by atoms with Gasteiger partial charge in [0.05, 0.1) is 13.2 Å². The van der Waals surface area contributed by atoms with Crippen molar-refractivity contribution in [1.82, 2.24) is 15.5 Å². The Morgan fingerprint density at radius 3 is 2.14 bits per heavy atom. The summed E-state index contributed by atoms with van der Waals surface area (Å²) in [7, 11) is 1.88. The smallest absolute Gasteiger partial charge is 0.191 e. The van der Waals surface area contributed by atoms with Crippen LogP contribution in [0, 0.1) is 0 Å². The summed E-state index contributed by atoms with van der Waals surface area (Å²) in [6.07, 6.45) is 11.0. The van der Waals surface area contributed by atoms with E-state index in [0.29, 0.717) is 0 Å². The van der Waals surface area contributed by atoms with Gasteiger partial charge in [0.1, 0.15) is 0 Å². The topological polar surface area (TPSA) is 58.1 Å². The number of hydrogen-bond acceptors (Lipinski definition) is 5. The summed E-state index contributed by atoms with van der Waals surface area (Å²) in [5, 5.41) is 7.28. The lowest BCUT2D eigenvalue weighted by molar-refractivity contribution is -0.0352. The fourth-order valence-electron chi connectivity index (χ4n) is 4.76. The molecule has 2 aliphatic heterocycles. The van der Waals surface area contributed by atoms with Gasteiger partial charge in [-0.3, -0.25) is 9.89 Å². The maximum Gasteiger partial charge on any atom is 0.191 e. The summed E-state index contributed by atoms with van der Waals surface area (Å²) < 4.78 is 11.4. The molecule has 2 saturated heterocycles. The van der Waals surface area contributed by atoms with Crippen molar-refractivity contribution in [1.29, 1.82) is 0 Å². The molecule has 3 aliphatic rings. The molecule has 3 rings (SSSR count). The average molecular weight is 527 g/mol. The fraction of sp³-hybridized carbons (Fsp3) is 0.950. The first kappa shape index (κ1) is 24.5. The van der Waals surface area contributed by atoms with Crippen LogP contribution in [-0.2, 0) is 9.47 Å². The lowest BCUT2D eigenvalue weighted by Crippen LogP contribution is -2.61. The monoisotopic (exact) mass is 526 g/mol. The number of thioether (sulfide) groups is 1.